The molecule has 2 nitrogen and oxygen atoms in total. The molecule has 2 aromatic carbocycles. The van der Waals surface area contributed by atoms with Crippen molar-refractivity contribution < 1.29 is 0 Å². The summed E-state index contributed by atoms with van der Waals surface area (Å²) in [7, 11) is 0. The SMILES string of the molecule is Clc1cccc(C2=CN(Cc3ccc(Cl)cc3Cl)C=C3CCCCCN32)c1. The molecule has 2 aliphatic heterocycles. The molecule has 5 heteroatoms. The summed E-state index contributed by atoms with van der Waals surface area (Å²) in [5.41, 5.74) is 4.75. The van der Waals surface area contributed by atoms with E-state index >= 15 is 0 Å². The number of rotatable bonds is 3. The molecule has 0 radical (unpaired) electrons. The standard InChI is InChI=1S/C22H21Cl3N2/c23-18-6-4-5-16(11-18)22-15-26(13-17-8-9-19(24)12-21(17)25)14-20-7-2-1-3-10-27(20)22/h4-6,8-9,11-12,14-15H,1-3,7,10,13H2. The lowest BCUT2D eigenvalue weighted by atomic mass is 10.1. The Balaban J connectivity index is 1.71. The quantitative estimate of drug-likeness (QED) is 0.520. The number of nitrogens with zero attached hydrogens (tertiary/aromatic N) is 2. The highest BCUT2D eigenvalue weighted by atomic mass is 35.5. The van der Waals surface area contributed by atoms with Crippen molar-refractivity contribution in [2.45, 2.75) is 32.2 Å². The van der Waals surface area contributed by atoms with E-state index in [1.54, 1.807) is 6.07 Å². The number of hydrogen-bond donors (Lipinski definition) is 0. The normalized spacial score (nSPS) is 17.1. The molecule has 0 atom stereocenters. The van der Waals surface area contributed by atoms with Crippen LogP contribution >= 0.6 is 34.8 Å². The number of allylic oxidation sites excluding steroid dienone is 1. The molecule has 0 N–H and O–H groups in total. The van der Waals surface area contributed by atoms with Gasteiger partial charge in [-0.25, -0.2) is 0 Å². The summed E-state index contributed by atoms with van der Waals surface area (Å²) in [5.74, 6) is 0. The lowest BCUT2D eigenvalue weighted by Crippen LogP contribution is -2.29. The van der Waals surface area contributed by atoms with Crippen molar-refractivity contribution in [1.82, 2.24) is 9.80 Å². The van der Waals surface area contributed by atoms with E-state index in [1.165, 1.54) is 30.7 Å². The number of fused-ring (bicyclic) bond motifs is 1. The van der Waals surface area contributed by atoms with Crippen LogP contribution in [0.2, 0.25) is 15.1 Å². The molecule has 2 heterocycles. The van der Waals surface area contributed by atoms with Gasteiger partial charge in [-0.15, -0.1) is 0 Å². The first-order valence-electron chi connectivity index (χ1n) is 9.26. The molecular formula is C22H21Cl3N2. The topological polar surface area (TPSA) is 6.48 Å². The Bertz CT molecular complexity index is 904. The second kappa shape index (κ2) is 8.18. The van der Waals surface area contributed by atoms with Crippen molar-refractivity contribution in [3.8, 4) is 0 Å². The summed E-state index contributed by atoms with van der Waals surface area (Å²) in [6.07, 6.45) is 9.23. The molecule has 2 aliphatic rings. The fourth-order valence-electron chi connectivity index (χ4n) is 3.71. The third-order valence-electron chi connectivity index (χ3n) is 5.04. The van der Waals surface area contributed by atoms with Gasteiger partial charge in [-0.3, -0.25) is 0 Å². The van der Waals surface area contributed by atoms with Gasteiger partial charge in [0.05, 0.1) is 5.70 Å². The summed E-state index contributed by atoms with van der Waals surface area (Å²) >= 11 is 18.7. The largest absolute Gasteiger partial charge is 0.346 e. The van der Waals surface area contributed by atoms with Gasteiger partial charge in [-0.1, -0.05) is 59.4 Å². The molecule has 1 saturated heterocycles. The first-order valence-corrected chi connectivity index (χ1v) is 10.4. The van der Waals surface area contributed by atoms with Gasteiger partial charge in [0.1, 0.15) is 0 Å². The highest BCUT2D eigenvalue weighted by molar-refractivity contribution is 6.35. The zero-order chi connectivity index (χ0) is 18.8. The first-order chi connectivity index (χ1) is 13.1. The molecule has 0 unspecified atom stereocenters. The van der Waals surface area contributed by atoms with Gasteiger partial charge in [0.2, 0.25) is 0 Å². The van der Waals surface area contributed by atoms with Gasteiger partial charge in [0.25, 0.3) is 0 Å². The summed E-state index contributed by atoms with van der Waals surface area (Å²) in [6.45, 7) is 1.75. The Kier molecular flexibility index (Phi) is 5.68. The molecule has 27 heavy (non-hydrogen) atoms. The van der Waals surface area contributed by atoms with Crippen LogP contribution in [0.3, 0.4) is 0 Å². The third kappa shape index (κ3) is 4.29. The van der Waals surface area contributed by atoms with E-state index in [0.717, 1.165) is 29.1 Å². The smallest absolute Gasteiger partial charge is 0.0647 e. The highest BCUT2D eigenvalue weighted by Crippen LogP contribution is 2.35. The van der Waals surface area contributed by atoms with Gasteiger partial charge in [-0.05, 0) is 49.1 Å². The van der Waals surface area contributed by atoms with Crippen LogP contribution in [-0.4, -0.2) is 16.3 Å². The minimum absolute atomic E-state index is 0.658. The second-order valence-electron chi connectivity index (χ2n) is 7.02. The zero-order valence-electron chi connectivity index (χ0n) is 15.0. The monoisotopic (exact) mass is 418 g/mol. The van der Waals surface area contributed by atoms with Crippen molar-refractivity contribution in [1.29, 1.82) is 0 Å². The second-order valence-corrected chi connectivity index (χ2v) is 8.30. The maximum Gasteiger partial charge on any atom is 0.0647 e. The van der Waals surface area contributed by atoms with Crippen molar-refractivity contribution in [2.75, 3.05) is 6.54 Å². The predicted octanol–water partition coefficient (Wildman–Crippen LogP) is 7.18. The Morgan fingerprint density at radius 1 is 0.852 bits per heavy atom. The van der Waals surface area contributed by atoms with Crippen LogP contribution in [-0.2, 0) is 6.54 Å². The lowest BCUT2D eigenvalue weighted by Gasteiger charge is -2.35. The number of halogens is 3. The molecule has 0 aromatic heterocycles. The Morgan fingerprint density at radius 3 is 2.52 bits per heavy atom. The van der Waals surface area contributed by atoms with E-state index in [0.29, 0.717) is 16.6 Å². The van der Waals surface area contributed by atoms with E-state index < -0.39 is 0 Å². The maximum atomic E-state index is 6.41. The minimum atomic E-state index is 0.658. The fourth-order valence-corrected chi connectivity index (χ4v) is 4.37. The van der Waals surface area contributed by atoms with E-state index in [1.807, 2.05) is 30.3 Å². The molecule has 0 spiro atoms. The first kappa shape index (κ1) is 18.7. The molecular weight excluding hydrogens is 399 g/mol. The number of benzene rings is 2. The molecule has 140 valence electrons. The van der Waals surface area contributed by atoms with Gasteiger partial charge in [-0.2, -0.15) is 0 Å². The van der Waals surface area contributed by atoms with E-state index in [-0.39, 0.29) is 0 Å². The highest BCUT2D eigenvalue weighted by Gasteiger charge is 2.24. The van der Waals surface area contributed by atoms with Crippen molar-refractivity contribution in [3.63, 3.8) is 0 Å². The molecule has 1 fully saturated rings. The molecule has 2 aromatic rings. The third-order valence-corrected chi connectivity index (χ3v) is 5.87. The van der Waals surface area contributed by atoms with Gasteiger partial charge >= 0.3 is 0 Å². The van der Waals surface area contributed by atoms with Crippen LogP contribution in [0.25, 0.3) is 5.70 Å². The van der Waals surface area contributed by atoms with E-state index in [9.17, 15) is 0 Å². The van der Waals surface area contributed by atoms with Crippen LogP contribution in [0.1, 0.15) is 36.8 Å². The average Bonchev–Trinajstić information content (AvgIpc) is 2.89. The number of hydrogen-bond acceptors (Lipinski definition) is 2. The van der Waals surface area contributed by atoms with Crippen LogP contribution in [0.15, 0.2) is 60.6 Å². The molecule has 0 saturated carbocycles. The fraction of sp³-hybridized carbons (Fsp3) is 0.273. The van der Waals surface area contributed by atoms with Crippen LogP contribution in [0, 0.1) is 0 Å². The average molecular weight is 420 g/mol. The van der Waals surface area contributed by atoms with Crippen LogP contribution < -0.4 is 0 Å². The van der Waals surface area contributed by atoms with Gasteiger partial charge in [0, 0.05) is 51.8 Å². The van der Waals surface area contributed by atoms with Crippen LogP contribution in [0.5, 0.6) is 0 Å². The minimum Gasteiger partial charge on any atom is -0.346 e. The van der Waals surface area contributed by atoms with E-state index in [4.69, 9.17) is 34.8 Å². The summed E-state index contributed by atoms with van der Waals surface area (Å²) in [4.78, 5) is 4.67. The van der Waals surface area contributed by atoms with Crippen LogP contribution in [0.4, 0.5) is 0 Å². The van der Waals surface area contributed by atoms with Gasteiger partial charge < -0.3 is 9.80 Å². The van der Waals surface area contributed by atoms with Crippen molar-refractivity contribution in [3.05, 3.63) is 86.8 Å². The van der Waals surface area contributed by atoms with Crippen molar-refractivity contribution >= 4 is 40.5 Å². The Morgan fingerprint density at radius 2 is 1.70 bits per heavy atom. The molecule has 0 amide bonds. The summed E-state index contributed by atoms with van der Waals surface area (Å²) in [6, 6.07) is 13.8. The lowest BCUT2D eigenvalue weighted by molar-refractivity contribution is 0.405. The molecule has 0 bridgehead atoms. The van der Waals surface area contributed by atoms with Crippen molar-refractivity contribution in [2.24, 2.45) is 0 Å². The Labute approximate surface area is 175 Å². The molecule has 4 rings (SSSR count). The predicted molar refractivity (Wildman–Crippen MR) is 115 cm³/mol. The summed E-state index contributed by atoms with van der Waals surface area (Å²) in [5, 5.41) is 2.11. The van der Waals surface area contributed by atoms with Gasteiger partial charge in [0.15, 0.2) is 0 Å². The Hall–Kier alpha value is -1.61. The summed E-state index contributed by atoms with van der Waals surface area (Å²) < 4.78 is 0. The maximum absolute atomic E-state index is 6.41. The zero-order valence-corrected chi connectivity index (χ0v) is 17.2. The molecule has 0 aliphatic carbocycles. The van der Waals surface area contributed by atoms with E-state index in [2.05, 4.69) is 28.3 Å².